The number of hydrogen-bond donors (Lipinski definition) is 1. The summed E-state index contributed by atoms with van der Waals surface area (Å²) in [7, 11) is 0. The lowest BCUT2D eigenvalue weighted by molar-refractivity contribution is -0.122. The number of hydrogen-bond acceptors (Lipinski definition) is 5. The van der Waals surface area contributed by atoms with Crippen LogP contribution in [-0.2, 0) is 9.59 Å². The fourth-order valence-corrected chi connectivity index (χ4v) is 3.81. The second-order valence-corrected chi connectivity index (χ2v) is 7.49. The Bertz CT molecular complexity index is 859. The third kappa shape index (κ3) is 4.42. The maximum Gasteiger partial charge on any atom is 0.266 e. The number of aryl methyl sites for hydroxylation is 1. The van der Waals surface area contributed by atoms with Crippen LogP contribution >= 0.6 is 24.0 Å². The molecule has 1 aromatic heterocycles. The number of amides is 2. The zero-order valence-electron chi connectivity index (χ0n) is 14.2. The highest BCUT2D eigenvalue weighted by Gasteiger charge is 2.31. The topological polar surface area (TPSA) is 62.6 Å². The van der Waals surface area contributed by atoms with E-state index in [1.165, 1.54) is 16.7 Å². The van der Waals surface area contributed by atoms with Crippen LogP contribution in [0.15, 0.2) is 52.0 Å². The number of carbonyl (C=O) groups excluding carboxylic acids is 2. The summed E-state index contributed by atoms with van der Waals surface area (Å²) in [5.41, 5.74) is 1.82. The fraction of sp³-hybridized carbons (Fsp3) is 0.211. The van der Waals surface area contributed by atoms with Crippen molar-refractivity contribution >= 4 is 51.9 Å². The number of carbonyl (C=O) groups is 2. The maximum absolute atomic E-state index is 12.5. The zero-order chi connectivity index (χ0) is 18.5. The second-order valence-electron chi connectivity index (χ2n) is 5.82. The Kier molecular flexibility index (Phi) is 5.90. The zero-order valence-corrected chi connectivity index (χ0v) is 15.9. The van der Waals surface area contributed by atoms with E-state index < -0.39 is 0 Å². The van der Waals surface area contributed by atoms with Crippen molar-refractivity contribution < 1.29 is 14.0 Å². The summed E-state index contributed by atoms with van der Waals surface area (Å²) in [6.07, 6.45) is 4.10. The molecular weight excluding hydrogens is 368 g/mol. The van der Waals surface area contributed by atoms with Crippen molar-refractivity contribution in [3.05, 3.63) is 58.9 Å². The summed E-state index contributed by atoms with van der Waals surface area (Å²) in [6, 6.07) is 11.2. The predicted molar refractivity (Wildman–Crippen MR) is 108 cm³/mol. The van der Waals surface area contributed by atoms with Gasteiger partial charge in [-0.2, -0.15) is 0 Å². The molecule has 1 aliphatic rings. The predicted octanol–water partition coefficient (Wildman–Crippen LogP) is 4.21. The Hall–Kier alpha value is -2.38. The Morgan fingerprint density at radius 2 is 2.12 bits per heavy atom. The SMILES string of the molecule is Cc1ccccc1NC(=O)CCCN1C(=O)/C(=C\c2ccco2)SC1=S. The van der Waals surface area contributed by atoms with Gasteiger partial charge in [0.2, 0.25) is 5.91 Å². The molecule has 1 fully saturated rings. The number of nitrogens with zero attached hydrogens (tertiary/aromatic N) is 1. The van der Waals surface area contributed by atoms with Gasteiger partial charge in [-0.25, -0.2) is 0 Å². The average molecular weight is 386 g/mol. The van der Waals surface area contributed by atoms with Gasteiger partial charge in [-0.05, 0) is 37.1 Å². The van der Waals surface area contributed by atoms with Crippen LogP contribution in [0.2, 0.25) is 0 Å². The molecule has 2 aromatic rings. The highest BCUT2D eigenvalue weighted by Crippen LogP contribution is 2.32. The Morgan fingerprint density at radius 1 is 1.31 bits per heavy atom. The molecule has 2 heterocycles. The normalized spacial score (nSPS) is 15.7. The second kappa shape index (κ2) is 8.33. The average Bonchev–Trinajstić information content (AvgIpc) is 3.21. The lowest BCUT2D eigenvalue weighted by Crippen LogP contribution is -2.29. The third-order valence-electron chi connectivity index (χ3n) is 3.89. The minimum Gasteiger partial charge on any atom is -0.465 e. The molecule has 0 radical (unpaired) electrons. The van der Waals surface area contributed by atoms with Crippen molar-refractivity contribution in [2.24, 2.45) is 0 Å². The number of para-hydroxylation sites is 1. The van der Waals surface area contributed by atoms with Gasteiger partial charge in [-0.15, -0.1) is 0 Å². The molecule has 5 nitrogen and oxygen atoms in total. The first-order valence-electron chi connectivity index (χ1n) is 8.19. The smallest absolute Gasteiger partial charge is 0.266 e. The standard InChI is InChI=1S/C19H18N2O3S2/c1-13-6-2-3-8-15(13)20-17(22)9-4-10-21-18(23)16(26-19(21)25)12-14-7-5-11-24-14/h2-3,5-8,11-12H,4,9-10H2,1H3,(H,20,22)/b16-12+. The van der Waals surface area contributed by atoms with Gasteiger partial charge in [0, 0.05) is 24.7 Å². The van der Waals surface area contributed by atoms with Crippen LogP contribution in [0.5, 0.6) is 0 Å². The summed E-state index contributed by atoms with van der Waals surface area (Å²) in [5.74, 6) is 0.398. The molecule has 0 saturated carbocycles. The summed E-state index contributed by atoms with van der Waals surface area (Å²) < 4.78 is 5.74. The van der Waals surface area contributed by atoms with E-state index in [1.807, 2.05) is 31.2 Å². The monoisotopic (exact) mass is 386 g/mol. The molecule has 26 heavy (non-hydrogen) atoms. The molecule has 0 bridgehead atoms. The molecule has 7 heteroatoms. The summed E-state index contributed by atoms with van der Waals surface area (Å²) in [5, 5.41) is 2.89. The first-order valence-corrected chi connectivity index (χ1v) is 9.41. The molecule has 0 unspecified atom stereocenters. The van der Waals surface area contributed by atoms with E-state index in [4.69, 9.17) is 16.6 Å². The molecular formula is C19H18N2O3S2. The minimum atomic E-state index is -0.143. The molecule has 1 aromatic carbocycles. The van der Waals surface area contributed by atoms with Gasteiger partial charge in [0.1, 0.15) is 10.1 Å². The van der Waals surface area contributed by atoms with Crippen molar-refractivity contribution in [2.45, 2.75) is 19.8 Å². The molecule has 2 amide bonds. The largest absolute Gasteiger partial charge is 0.465 e. The number of anilines is 1. The van der Waals surface area contributed by atoms with Crippen LogP contribution in [0.25, 0.3) is 6.08 Å². The molecule has 0 spiro atoms. The van der Waals surface area contributed by atoms with Gasteiger partial charge in [0.05, 0.1) is 11.2 Å². The van der Waals surface area contributed by atoms with Gasteiger partial charge in [-0.3, -0.25) is 14.5 Å². The lowest BCUT2D eigenvalue weighted by Gasteiger charge is -2.14. The minimum absolute atomic E-state index is 0.0733. The quantitative estimate of drug-likeness (QED) is 0.595. The van der Waals surface area contributed by atoms with Crippen LogP contribution in [-0.4, -0.2) is 27.6 Å². The van der Waals surface area contributed by atoms with Crippen molar-refractivity contribution in [3.63, 3.8) is 0 Å². The first-order chi connectivity index (χ1) is 12.5. The van der Waals surface area contributed by atoms with Gasteiger partial charge in [0.15, 0.2) is 0 Å². The maximum atomic E-state index is 12.5. The molecule has 1 N–H and O–H groups in total. The third-order valence-corrected chi connectivity index (χ3v) is 5.27. The first kappa shape index (κ1) is 18.4. The van der Waals surface area contributed by atoms with Gasteiger partial charge in [-0.1, -0.05) is 42.2 Å². The van der Waals surface area contributed by atoms with E-state index in [0.717, 1.165) is 11.3 Å². The number of thiocarbonyl (C=S) groups is 1. The van der Waals surface area contributed by atoms with Crippen LogP contribution < -0.4 is 5.32 Å². The van der Waals surface area contributed by atoms with Crippen molar-refractivity contribution in [3.8, 4) is 0 Å². The number of rotatable bonds is 6. The fourth-order valence-electron chi connectivity index (χ4n) is 2.52. The van der Waals surface area contributed by atoms with Crippen LogP contribution in [0.3, 0.4) is 0 Å². The van der Waals surface area contributed by atoms with E-state index in [-0.39, 0.29) is 11.8 Å². The van der Waals surface area contributed by atoms with Crippen LogP contribution in [0.1, 0.15) is 24.2 Å². The molecule has 1 aliphatic heterocycles. The molecule has 0 atom stereocenters. The van der Waals surface area contributed by atoms with E-state index in [1.54, 1.807) is 24.5 Å². The highest BCUT2D eigenvalue weighted by molar-refractivity contribution is 8.26. The molecule has 0 aliphatic carbocycles. The number of benzene rings is 1. The summed E-state index contributed by atoms with van der Waals surface area (Å²) >= 11 is 6.54. The Labute approximate surface area is 161 Å². The van der Waals surface area contributed by atoms with E-state index in [9.17, 15) is 9.59 Å². The number of nitrogens with one attached hydrogen (secondary N) is 1. The lowest BCUT2D eigenvalue weighted by atomic mass is 10.2. The van der Waals surface area contributed by atoms with Crippen LogP contribution in [0, 0.1) is 6.92 Å². The van der Waals surface area contributed by atoms with Crippen LogP contribution in [0.4, 0.5) is 5.69 Å². The van der Waals surface area contributed by atoms with E-state index >= 15 is 0 Å². The summed E-state index contributed by atoms with van der Waals surface area (Å²) in [6.45, 7) is 2.36. The van der Waals surface area contributed by atoms with Crippen molar-refractivity contribution in [1.29, 1.82) is 0 Å². The molecule has 3 rings (SSSR count). The highest BCUT2D eigenvalue weighted by atomic mass is 32.2. The van der Waals surface area contributed by atoms with Gasteiger partial charge < -0.3 is 9.73 Å². The molecule has 1 saturated heterocycles. The summed E-state index contributed by atoms with van der Waals surface area (Å²) in [4.78, 5) is 26.6. The van der Waals surface area contributed by atoms with E-state index in [2.05, 4.69) is 5.32 Å². The molecule has 134 valence electrons. The number of thioether (sulfide) groups is 1. The van der Waals surface area contributed by atoms with Gasteiger partial charge in [0.25, 0.3) is 5.91 Å². The Balaban J connectivity index is 1.52. The Morgan fingerprint density at radius 3 is 2.85 bits per heavy atom. The van der Waals surface area contributed by atoms with E-state index in [0.29, 0.717) is 34.4 Å². The van der Waals surface area contributed by atoms with Crippen molar-refractivity contribution in [2.75, 3.05) is 11.9 Å². The number of furan rings is 1. The van der Waals surface area contributed by atoms with Gasteiger partial charge >= 0.3 is 0 Å². The van der Waals surface area contributed by atoms with Crippen molar-refractivity contribution in [1.82, 2.24) is 4.90 Å².